The first-order valence-electron chi connectivity index (χ1n) is 9.88. The molecule has 0 bridgehead atoms. The molecule has 0 aliphatic heterocycles. The Morgan fingerprint density at radius 2 is 1.51 bits per heavy atom. The molecule has 0 atom stereocenters. The monoisotopic (exact) mass is 549 g/mol. The number of fused-ring (bicyclic) bond motifs is 1. The second kappa shape index (κ2) is 8.83. The number of halogens is 8. The second-order valence-electron chi connectivity index (χ2n) is 7.52. The van der Waals surface area contributed by atoms with E-state index in [-0.39, 0.29) is 22.7 Å². The molecule has 1 heterocycles. The third-order valence-corrected chi connectivity index (χ3v) is 6.71. The van der Waals surface area contributed by atoms with Gasteiger partial charge in [-0.15, -0.1) is 0 Å². The molecule has 4 rings (SSSR count). The van der Waals surface area contributed by atoms with Gasteiger partial charge in [0.15, 0.2) is 0 Å². The van der Waals surface area contributed by atoms with E-state index in [2.05, 4.69) is 5.10 Å². The number of hydrogen-bond donors (Lipinski definition) is 1. The number of rotatable bonds is 4. The molecule has 15 heteroatoms. The number of nitrogens with one attached hydrogen (secondary N) is 1. The van der Waals surface area contributed by atoms with Crippen molar-refractivity contribution in [2.45, 2.75) is 17.2 Å². The van der Waals surface area contributed by atoms with Crippen LogP contribution in [0.3, 0.4) is 0 Å². The average Bonchev–Trinajstić information content (AvgIpc) is 3.21. The Kier molecular flexibility index (Phi) is 6.22. The van der Waals surface area contributed by atoms with Crippen LogP contribution in [0.4, 0.5) is 40.8 Å². The summed E-state index contributed by atoms with van der Waals surface area (Å²) in [4.78, 5) is 11.6. The van der Waals surface area contributed by atoms with E-state index in [0.717, 1.165) is 24.4 Å². The maximum atomic E-state index is 14.1. The molecule has 6 nitrogen and oxygen atoms in total. The van der Waals surface area contributed by atoms with Crippen molar-refractivity contribution in [3.8, 4) is 0 Å². The Morgan fingerprint density at radius 3 is 2.16 bits per heavy atom. The molecular weight excluding hydrogens is 538 g/mol. The number of aromatic nitrogens is 2. The number of anilines is 1. The lowest BCUT2D eigenvalue weighted by molar-refractivity contribution is -0.140. The van der Waals surface area contributed by atoms with Crippen molar-refractivity contribution in [2.24, 2.45) is 0 Å². The number of carbonyl (C=O) groups is 1. The van der Waals surface area contributed by atoms with E-state index < -0.39 is 61.5 Å². The van der Waals surface area contributed by atoms with E-state index in [1.807, 2.05) is 5.32 Å². The molecule has 0 unspecified atom stereocenters. The van der Waals surface area contributed by atoms with Gasteiger partial charge in [-0.2, -0.15) is 43.9 Å². The minimum absolute atomic E-state index is 0.0840. The van der Waals surface area contributed by atoms with Crippen LogP contribution in [0, 0.1) is 11.6 Å². The zero-order valence-electron chi connectivity index (χ0n) is 17.8. The van der Waals surface area contributed by atoms with Crippen LogP contribution in [0.25, 0.3) is 10.9 Å². The Labute approximate surface area is 202 Å². The molecule has 0 spiro atoms. The SMILES string of the molecule is O=C(Nc1ccc2cnn(S(=O)(=O)c3ccc(F)c(C(F)(F)F)c3)c2c1)c1c(F)cccc1C(F)(F)F. The fourth-order valence-electron chi connectivity index (χ4n) is 3.43. The van der Waals surface area contributed by atoms with E-state index in [9.17, 15) is 48.3 Å². The first-order chi connectivity index (χ1) is 17.1. The highest BCUT2D eigenvalue weighted by Gasteiger charge is 2.37. The number of nitrogens with zero attached hydrogens (tertiary/aromatic N) is 2. The van der Waals surface area contributed by atoms with Crippen LogP contribution in [0.1, 0.15) is 21.5 Å². The molecule has 0 saturated heterocycles. The maximum Gasteiger partial charge on any atom is 0.419 e. The molecule has 1 aromatic heterocycles. The average molecular weight is 549 g/mol. The van der Waals surface area contributed by atoms with E-state index in [4.69, 9.17) is 0 Å². The third kappa shape index (κ3) is 4.85. The van der Waals surface area contributed by atoms with Gasteiger partial charge in [0.1, 0.15) is 11.6 Å². The predicted octanol–water partition coefficient (Wildman–Crippen LogP) is 5.84. The molecule has 1 amide bonds. The van der Waals surface area contributed by atoms with Crippen LogP contribution in [-0.4, -0.2) is 23.5 Å². The number of hydrogen-bond acceptors (Lipinski definition) is 4. The van der Waals surface area contributed by atoms with Crippen LogP contribution in [-0.2, 0) is 22.4 Å². The first-order valence-corrected chi connectivity index (χ1v) is 11.3. The Balaban J connectivity index is 1.76. The topological polar surface area (TPSA) is 81.1 Å². The van der Waals surface area contributed by atoms with E-state index in [0.29, 0.717) is 28.4 Å². The summed E-state index contributed by atoms with van der Waals surface area (Å²) in [5, 5.41) is 5.78. The lowest BCUT2D eigenvalue weighted by Gasteiger charge is -2.14. The summed E-state index contributed by atoms with van der Waals surface area (Å²) < 4.78 is 133. The summed E-state index contributed by atoms with van der Waals surface area (Å²) in [6, 6.07) is 6.24. The molecule has 0 fully saturated rings. The second-order valence-corrected chi connectivity index (χ2v) is 9.29. The fourth-order valence-corrected chi connectivity index (χ4v) is 4.73. The third-order valence-electron chi connectivity index (χ3n) is 5.11. The van der Waals surface area contributed by atoms with Gasteiger partial charge in [0.25, 0.3) is 15.9 Å². The summed E-state index contributed by atoms with van der Waals surface area (Å²) in [5.41, 5.74) is -5.25. The largest absolute Gasteiger partial charge is 0.419 e. The highest BCUT2D eigenvalue weighted by molar-refractivity contribution is 7.90. The van der Waals surface area contributed by atoms with Crippen LogP contribution in [0.15, 0.2) is 65.7 Å². The highest BCUT2D eigenvalue weighted by atomic mass is 32.2. The van der Waals surface area contributed by atoms with E-state index in [1.54, 1.807) is 0 Å². The predicted molar refractivity (Wildman–Crippen MR) is 113 cm³/mol. The fraction of sp³-hybridized carbons (Fsp3) is 0.0909. The van der Waals surface area contributed by atoms with Crippen molar-refractivity contribution in [1.82, 2.24) is 9.19 Å². The van der Waals surface area contributed by atoms with E-state index >= 15 is 0 Å². The Hall–Kier alpha value is -4.01. The Morgan fingerprint density at radius 1 is 0.838 bits per heavy atom. The minimum atomic E-state index is -5.19. The van der Waals surface area contributed by atoms with Gasteiger partial charge in [0, 0.05) is 11.1 Å². The van der Waals surface area contributed by atoms with Gasteiger partial charge in [-0.1, -0.05) is 6.07 Å². The molecule has 194 valence electrons. The highest BCUT2D eigenvalue weighted by Crippen LogP contribution is 2.35. The zero-order chi connectivity index (χ0) is 27.3. The summed E-state index contributed by atoms with van der Waals surface area (Å²) in [6.07, 6.45) is -9.23. The Bertz CT molecular complexity index is 1640. The van der Waals surface area contributed by atoms with Gasteiger partial charge in [-0.05, 0) is 48.5 Å². The van der Waals surface area contributed by atoms with Crippen LogP contribution in [0.2, 0.25) is 0 Å². The quantitative estimate of drug-likeness (QED) is 0.325. The van der Waals surface area contributed by atoms with Gasteiger partial charge in [0.05, 0.1) is 33.3 Å². The standard InChI is InChI=1S/C22H11F8N3O3S/c23-16-7-6-13(9-15(16)22(28,29)30)37(35,36)33-18-8-12(5-4-11(18)10-31-33)32-20(34)19-14(21(25,26)27)2-1-3-17(19)24/h1-10H,(H,32,34). The summed E-state index contributed by atoms with van der Waals surface area (Å²) in [6.45, 7) is 0. The molecule has 0 aliphatic rings. The van der Waals surface area contributed by atoms with Crippen molar-refractivity contribution >= 4 is 32.5 Å². The summed E-state index contributed by atoms with van der Waals surface area (Å²) >= 11 is 0. The van der Waals surface area contributed by atoms with Crippen molar-refractivity contribution < 1.29 is 48.3 Å². The molecule has 0 radical (unpaired) electrons. The molecule has 0 saturated carbocycles. The minimum Gasteiger partial charge on any atom is -0.322 e. The summed E-state index contributed by atoms with van der Waals surface area (Å²) in [7, 11) is -4.83. The molecular formula is C22H11F8N3O3S. The van der Waals surface area contributed by atoms with Crippen LogP contribution >= 0.6 is 0 Å². The van der Waals surface area contributed by atoms with Gasteiger partial charge >= 0.3 is 12.4 Å². The van der Waals surface area contributed by atoms with Gasteiger partial charge in [-0.3, -0.25) is 4.79 Å². The van der Waals surface area contributed by atoms with Crippen molar-refractivity contribution in [3.63, 3.8) is 0 Å². The zero-order valence-corrected chi connectivity index (χ0v) is 18.6. The van der Waals surface area contributed by atoms with E-state index in [1.165, 1.54) is 6.07 Å². The molecule has 4 aromatic rings. The van der Waals surface area contributed by atoms with Crippen LogP contribution < -0.4 is 5.32 Å². The number of amides is 1. The summed E-state index contributed by atoms with van der Waals surface area (Å²) in [5.74, 6) is -4.65. The first kappa shape index (κ1) is 26.1. The van der Waals surface area contributed by atoms with Gasteiger partial charge in [-0.25, -0.2) is 8.78 Å². The lowest BCUT2D eigenvalue weighted by atomic mass is 10.1. The molecule has 1 N–H and O–H groups in total. The van der Waals surface area contributed by atoms with Crippen LogP contribution in [0.5, 0.6) is 0 Å². The molecule has 37 heavy (non-hydrogen) atoms. The van der Waals surface area contributed by atoms with Crippen molar-refractivity contribution in [1.29, 1.82) is 0 Å². The van der Waals surface area contributed by atoms with Gasteiger partial charge in [0.2, 0.25) is 0 Å². The lowest BCUT2D eigenvalue weighted by Crippen LogP contribution is -2.20. The number of carbonyl (C=O) groups excluding carboxylic acids is 1. The molecule has 3 aromatic carbocycles. The number of alkyl halides is 6. The maximum absolute atomic E-state index is 14.1. The van der Waals surface area contributed by atoms with Crippen molar-refractivity contribution in [2.75, 3.05) is 5.32 Å². The normalized spacial score (nSPS) is 12.6. The van der Waals surface area contributed by atoms with Crippen molar-refractivity contribution in [3.05, 3.63) is 89.1 Å². The van der Waals surface area contributed by atoms with Gasteiger partial charge < -0.3 is 5.32 Å². The number of benzene rings is 3. The molecule has 0 aliphatic carbocycles. The smallest absolute Gasteiger partial charge is 0.322 e.